The molecular weight excluding hydrogens is 238 g/mol. The summed E-state index contributed by atoms with van der Waals surface area (Å²) >= 11 is 0. The van der Waals surface area contributed by atoms with E-state index < -0.39 is 5.54 Å². The summed E-state index contributed by atoms with van der Waals surface area (Å²) in [5.41, 5.74) is -0.760. The van der Waals surface area contributed by atoms with Crippen LogP contribution in [0.15, 0.2) is 0 Å². The fourth-order valence-electron chi connectivity index (χ4n) is 2.93. The van der Waals surface area contributed by atoms with Gasteiger partial charge < -0.3 is 10.2 Å². The molecule has 0 aromatic carbocycles. The van der Waals surface area contributed by atoms with E-state index in [0.717, 1.165) is 13.1 Å². The third kappa shape index (κ3) is 4.50. The first-order valence-corrected chi connectivity index (χ1v) is 7.32. The molecule has 108 valence electrons. The van der Waals surface area contributed by atoms with E-state index in [1.807, 2.05) is 13.8 Å². The van der Waals surface area contributed by atoms with E-state index in [9.17, 15) is 10.1 Å². The topological polar surface area (TPSA) is 57.3 Å². The zero-order valence-electron chi connectivity index (χ0n) is 12.9. The van der Waals surface area contributed by atoms with Crippen molar-refractivity contribution in [3.05, 3.63) is 0 Å². The molecule has 1 aliphatic rings. The molecule has 0 aliphatic carbocycles. The summed E-state index contributed by atoms with van der Waals surface area (Å²) in [6.45, 7) is 12.8. The number of nitrogens with zero attached hydrogens (tertiary/aromatic N) is 1. The number of hydrogen-bond acceptors (Lipinski definition) is 2. The summed E-state index contributed by atoms with van der Waals surface area (Å²) < 4.78 is 0. The van der Waals surface area contributed by atoms with Crippen molar-refractivity contribution in [3.8, 4) is 6.07 Å². The highest BCUT2D eigenvalue weighted by Crippen LogP contribution is 2.15. The fraction of sp³-hybridized carbons (Fsp3) is 0.867. The predicted molar refractivity (Wildman–Crippen MR) is 75.5 cm³/mol. The monoisotopic (exact) mass is 266 g/mol. The highest BCUT2D eigenvalue weighted by Gasteiger charge is 2.32. The van der Waals surface area contributed by atoms with Crippen LogP contribution in [-0.4, -0.2) is 31.1 Å². The molecule has 1 saturated heterocycles. The van der Waals surface area contributed by atoms with Gasteiger partial charge in [0, 0.05) is 11.8 Å². The lowest BCUT2D eigenvalue weighted by Crippen LogP contribution is -3.15. The Hall–Kier alpha value is -1.08. The first-order chi connectivity index (χ1) is 8.76. The molecule has 1 amide bonds. The molecule has 1 heterocycles. The van der Waals surface area contributed by atoms with Gasteiger partial charge >= 0.3 is 0 Å². The zero-order valence-corrected chi connectivity index (χ0v) is 12.9. The second-order valence-electron chi connectivity index (χ2n) is 6.80. The Morgan fingerprint density at radius 2 is 1.95 bits per heavy atom. The quantitative estimate of drug-likeness (QED) is 0.783. The summed E-state index contributed by atoms with van der Waals surface area (Å²) in [5, 5.41) is 12.1. The molecule has 4 nitrogen and oxygen atoms in total. The first-order valence-electron chi connectivity index (χ1n) is 7.32. The maximum Gasteiger partial charge on any atom is 0.276 e. The Morgan fingerprint density at radius 1 is 1.42 bits per heavy atom. The standard InChI is InChI=1S/C15H27N3O/c1-11(2)15(5,10-16)17-14(19)9-18-7-12(3)6-13(4)8-18/h11-13H,6-9H2,1-5H3,(H,17,19)/p+1/t12-,13+,15-/m0/s1. The molecule has 1 fully saturated rings. The largest absolute Gasteiger partial charge is 0.333 e. The van der Waals surface area contributed by atoms with Crippen LogP contribution in [0.2, 0.25) is 0 Å². The minimum Gasteiger partial charge on any atom is -0.333 e. The number of carbonyl (C=O) groups is 1. The summed E-state index contributed by atoms with van der Waals surface area (Å²) in [7, 11) is 0. The molecule has 2 N–H and O–H groups in total. The Bertz CT molecular complexity index is 351. The molecule has 0 radical (unpaired) electrons. The average molecular weight is 266 g/mol. The zero-order chi connectivity index (χ0) is 14.6. The molecule has 1 unspecified atom stereocenters. The lowest BCUT2D eigenvalue weighted by molar-refractivity contribution is -0.904. The van der Waals surface area contributed by atoms with Crippen LogP contribution in [0.5, 0.6) is 0 Å². The minimum atomic E-state index is -0.760. The van der Waals surface area contributed by atoms with E-state index in [0.29, 0.717) is 18.4 Å². The van der Waals surface area contributed by atoms with E-state index in [1.165, 1.54) is 11.3 Å². The van der Waals surface area contributed by atoms with E-state index >= 15 is 0 Å². The number of piperidine rings is 1. The number of nitriles is 1. The smallest absolute Gasteiger partial charge is 0.276 e. The molecule has 0 aromatic heterocycles. The lowest BCUT2D eigenvalue weighted by atomic mass is 9.89. The van der Waals surface area contributed by atoms with Crippen molar-refractivity contribution in [3.63, 3.8) is 0 Å². The van der Waals surface area contributed by atoms with Gasteiger partial charge in [-0.1, -0.05) is 27.7 Å². The van der Waals surface area contributed by atoms with Crippen molar-refractivity contribution >= 4 is 5.91 Å². The number of nitrogens with one attached hydrogen (secondary N) is 2. The summed E-state index contributed by atoms with van der Waals surface area (Å²) in [6.07, 6.45) is 1.26. The highest BCUT2D eigenvalue weighted by atomic mass is 16.2. The molecule has 1 rings (SSSR count). The molecule has 4 atom stereocenters. The van der Waals surface area contributed by atoms with E-state index in [2.05, 4.69) is 25.2 Å². The Morgan fingerprint density at radius 3 is 2.37 bits per heavy atom. The van der Waals surface area contributed by atoms with Gasteiger partial charge in [-0.05, 0) is 19.3 Å². The van der Waals surface area contributed by atoms with Crippen LogP contribution < -0.4 is 10.2 Å². The van der Waals surface area contributed by atoms with Crippen molar-refractivity contribution in [1.29, 1.82) is 5.26 Å². The number of hydrogen-bond donors (Lipinski definition) is 2. The number of amides is 1. The lowest BCUT2D eigenvalue weighted by Gasteiger charge is -2.33. The van der Waals surface area contributed by atoms with Gasteiger partial charge in [-0.3, -0.25) is 4.79 Å². The molecule has 19 heavy (non-hydrogen) atoms. The van der Waals surface area contributed by atoms with Gasteiger partial charge in [-0.2, -0.15) is 5.26 Å². The van der Waals surface area contributed by atoms with Crippen molar-refractivity contribution in [2.75, 3.05) is 19.6 Å². The average Bonchev–Trinajstić information content (AvgIpc) is 2.26. The second kappa shape index (κ2) is 6.38. The molecule has 1 aliphatic heterocycles. The number of quaternary nitrogens is 1. The van der Waals surface area contributed by atoms with Gasteiger partial charge in [-0.25, -0.2) is 0 Å². The number of carbonyl (C=O) groups excluding carboxylic acids is 1. The van der Waals surface area contributed by atoms with Crippen LogP contribution in [0.4, 0.5) is 0 Å². The van der Waals surface area contributed by atoms with Crippen molar-refractivity contribution in [2.45, 2.75) is 46.6 Å². The van der Waals surface area contributed by atoms with E-state index in [-0.39, 0.29) is 11.8 Å². The summed E-state index contributed by atoms with van der Waals surface area (Å²) in [4.78, 5) is 13.5. The van der Waals surface area contributed by atoms with E-state index in [4.69, 9.17) is 0 Å². The summed E-state index contributed by atoms with van der Waals surface area (Å²) in [5.74, 6) is 1.46. The minimum absolute atomic E-state index is 0.00551. The third-order valence-corrected chi connectivity index (χ3v) is 4.28. The second-order valence-corrected chi connectivity index (χ2v) is 6.80. The molecule has 0 bridgehead atoms. The first kappa shape index (κ1) is 16.0. The van der Waals surface area contributed by atoms with Crippen LogP contribution in [0, 0.1) is 29.1 Å². The van der Waals surface area contributed by atoms with Crippen molar-refractivity contribution < 1.29 is 9.69 Å². The van der Waals surface area contributed by atoms with Crippen LogP contribution in [0.3, 0.4) is 0 Å². The third-order valence-electron chi connectivity index (χ3n) is 4.28. The normalized spacial score (nSPS) is 30.5. The SMILES string of the molecule is CC(C)[C@](C)(C#N)NC(=O)C[NH+]1C[C@H](C)C[C@H](C)C1. The Kier molecular flexibility index (Phi) is 5.37. The number of rotatable bonds is 4. The van der Waals surface area contributed by atoms with Gasteiger partial charge in [0.2, 0.25) is 0 Å². The molecule has 0 spiro atoms. The maximum atomic E-state index is 12.1. The van der Waals surface area contributed by atoms with Gasteiger partial charge in [0.05, 0.1) is 19.2 Å². The molecule has 0 saturated carbocycles. The molecular formula is C15H28N3O+. The summed E-state index contributed by atoms with van der Waals surface area (Å²) in [6, 6.07) is 2.22. The highest BCUT2D eigenvalue weighted by molar-refractivity contribution is 5.78. The van der Waals surface area contributed by atoms with Crippen molar-refractivity contribution in [1.82, 2.24) is 5.32 Å². The van der Waals surface area contributed by atoms with Crippen LogP contribution >= 0.6 is 0 Å². The molecule has 4 heteroatoms. The van der Waals surface area contributed by atoms with Crippen LogP contribution in [0.25, 0.3) is 0 Å². The Labute approximate surface area is 117 Å². The maximum absolute atomic E-state index is 12.1. The van der Waals surface area contributed by atoms with Gasteiger partial charge in [0.25, 0.3) is 5.91 Å². The predicted octanol–water partition coefficient (Wildman–Crippen LogP) is 0.602. The van der Waals surface area contributed by atoms with Crippen LogP contribution in [-0.2, 0) is 4.79 Å². The number of likely N-dealkylation sites (tertiary alicyclic amines) is 1. The van der Waals surface area contributed by atoms with Gasteiger partial charge in [-0.15, -0.1) is 0 Å². The fourth-order valence-corrected chi connectivity index (χ4v) is 2.93. The molecule has 0 aromatic rings. The van der Waals surface area contributed by atoms with Gasteiger partial charge in [0.15, 0.2) is 6.54 Å². The van der Waals surface area contributed by atoms with E-state index in [1.54, 1.807) is 6.92 Å². The van der Waals surface area contributed by atoms with Gasteiger partial charge in [0.1, 0.15) is 5.54 Å². The van der Waals surface area contributed by atoms with Crippen molar-refractivity contribution in [2.24, 2.45) is 17.8 Å². The Balaban J connectivity index is 2.54. The van der Waals surface area contributed by atoms with Crippen LogP contribution in [0.1, 0.15) is 41.0 Å².